The quantitative estimate of drug-likeness (QED) is 0.372. The van der Waals surface area contributed by atoms with Gasteiger partial charge in [-0.1, -0.05) is 28.1 Å². The first kappa shape index (κ1) is 13.9. The Balaban J connectivity index is 2.87. The Bertz CT molecular complexity index is 433. The first-order chi connectivity index (χ1) is 7.84. The molecule has 0 fully saturated rings. The summed E-state index contributed by atoms with van der Waals surface area (Å²) in [7, 11) is 0. The second-order valence-corrected chi connectivity index (χ2v) is 5.28. The highest BCUT2D eigenvalue weighted by Crippen LogP contribution is 2.20. The summed E-state index contributed by atoms with van der Waals surface area (Å²) in [5, 5.41) is 0.254. The summed E-state index contributed by atoms with van der Waals surface area (Å²) in [6.45, 7) is 5.34. The van der Waals surface area contributed by atoms with E-state index in [4.69, 9.17) is 4.74 Å². The lowest BCUT2D eigenvalue weighted by molar-refractivity contribution is -0.143. The molecule has 17 heavy (non-hydrogen) atoms. The lowest BCUT2D eigenvalue weighted by atomic mass is 9.97. The highest BCUT2D eigenvalue weighted by Gasteiger charge is 2.23. The number of alkyl halides is 1. The number of ketones is 1. The second-order valence-electron chi connectivity index (χ2n) is 4.72. The van der Waals surface area contributed by atoms with Crippen LogP contribution in [-0.4, -0.2) is 17.1 Å². The van der Waals surface area contributed by atoms with Gasteiger partial charge in [-0.3, -0.25) is 9.59 Å². The number of esters is 1. The van der Waals surface area contributed by atoms with Crippen LogP contribution >= 0.6 is 15.9 Å². The number of halogens is 1. The number of hydrogen-bond donors (Lipinski definition) is 0. The Morgan fingerprint density at radius 2 is 1.94 bits per heavy atom. The molecule has 4 heteroatoms. The van der Waals surface area contributed by atoms with Gasteiger partial charge in [0.15, 0.2) is 5.78 Å². The van der Waals surface area contributed by atoms with Crippen LogP contribution in [0.5, 0.6) is 5.75 Å². The maximum atomic E-state index is 11.7. The molecule has 1 aromatic carbocycles. The molecule has 3 nitrogen and oxygen atoms in total. The van der Waals surface area contributed by atoms with Crippen LogP contribution in [0.2, 0.25) is 0 Å². The summed E-state index contributed by atoms with van der Waals surface area (Å²) >= 11 is 3.10. The van der Waals surface area contributed by atoms with Gasteiger partial charge in [0.1, 0.15) is 5.75 Å². The fourth-order valence-corrected chi connectivity index (χ4v) is 1.39. The Kier molecular flexibility index (Phi) is 4.46. The Morgan fingerprint density at radius 3 is 2.47 bits per heavy atom. The molecule has 1 rings (SSSR count). The fraction of sp³-hybridized carbons (Fsp3) is 0.385. The molecule has 0 radical (unpaired) electrons. The van der Waals surface area contributed by atoms with Gasteiger partial charge in [0.25, 0.3) is 0 Å². The van der Waals surface area contributed by atoms with Gasteiger partial charge >= 0.3 is 5.97 Å². The zero-order valence-electron chi connectivity index (χ0n) is 10.1. The van der Waals surface area contributed by atoms with Crippen molar-refractivity contribution in [2.45, 2.75) is 20.8 Å². The van der Waals surface area contributed by atoms with Crippen LogP contribution in [0, 0.1) is 5.41 Å². The molecular weight excluding hydrogens is 284 g/mol. The zero-order chi connectivity index (χ0) is 13.1. The molecule has 0 N–H and O–H groups in total. The Labute approximate surface area is 109 Å². The van der Waals surface area contributed by atoms with E-state index in [0.29, 0.717) is 11.3 Å². The molecule has 0 heterocycles. The maximum Gasteiger partial charge on any atom is 0.316 e. The van der Waals surface area contributed by atoms with E-state index in [1.165, 1.54) is 0 Å². The monoisotopic (exact) mass is 298 g/mol. The normalized spacial score (nSPS) is 11.1. The highest BCUT2D eigenvalue weighted by molar-refractivity contribution is 9.09. The molecule has 0 aliphatic rings. The molecule has 1 aromatic rings. The smallest absolute Gasteiger partial charge is 0.316 e. The number of ether oxygens (including phenoxy) is 1. The summed E-state index contributed by atoms with van der Waals surface area (Å²) < 4.78 is 5.21. The largest absolute Gasteiger partial charge is 0.426 e. The van der Waals surface area contributed by atoms with Crippen LogP contribution in [0.25, 0.3) is 0 Å². The average molecular weight is 299 g/mol. The third kappa shape index (κ3) is 3.97. The summed E-state index contributed by atoms with van der Waals surface area (Å²) in [4.78, 5) is 23.1. The number of carbonyl (C=O) groups excluding carboxylic acids is 2. The van der Waals surface area contributed by atoms with Gasteiger partial charge in [0, 0.05) is 5.56 Å². The van der Waals surface area contributed by atoms with Gasteiger partial charge in [0.2, 0.25) is 0 Å². The van der Waals surface area contributed by atoms with Crippen molar-refractivity contribution in [2.75, 3.05) is 5.33 Å². The third-order valence-corrected chi connectivity index (χ3v) is 2.61. The number of hydrogen-bond acceptors (Lipinski definition) is 3. The van der Waals surface area contributed by atoms with Crippen molar-refractivity contribution < 1.29 is 14.3 Å². The van der Waals surface area contributed by atoms with Gasteiger partial charge < -0.3 is 4.74 Å². The standard InChI is InChI=1S/C13H15BrO3/c1-13(2,3)12(16)17-10-6-4-5-9(7-10)11(15)8-14/h4-7H,8H2,1-3H3. The topological polar surface area (TPSA) is 43.4 Å². The minimum atomic E-state index is -0.560. The molecule has 0 aliphatic carbocycles. The fourth-order valence-electron chi connectivity index (χ4n) is 1.07. The van der Waals surface area contributed by atoms with Crippen molar-refractivity contribution in [1.82, 2.24) is 0 Å². The first-order valence-corrected chi connectivity index (χ1v) is 6.38. The minimum absolute atomic E-state index is 0.0429. The molecule has 0 amide bonds. The molecule has 0 saturated carbocycles. The molecule has 0 saturated heterocycles. The minimum Gasteiger partial charge on any atom is -0.426 e. The van der Waals surface area contributed by atoms with Crippen LogP contribution < -0.4 is 4.74 Å². The van der Waals surface area contributed by atoms with Gasteiger partial charge in [-0.25, -0.2) is 0 Å². The number of benzene rings is 1. The van der Waals surface area contributed by atoms with Gasteiger partial charge in [-0.15, -0.1) is 0 Å². The van der Waals surface area contributed by atoms with E-state index in [2.05, 4.69) is 15.9 Å². The van der Waals surface area contributed by atoms with E-state index in [0.717, 1.165) is 0 Å². The summed E-state index contributed by atoms with van der Waals surface area (Å²) in [6, 6.07) is 6.63. The van der Waals surface area contributed by atoms with E-state index >= 15 is 0 Å². The van der Waals surface area contributed by atoms with Crippen molar-refractivity contribution in [3.63, 3.8) is 0 Å². The second kappa shape index (κ2) is 5.45. The molecular formula is C13H15BrO3. The summed E-state index contributed by atoms with van der Waals surface area (Å²) in [6.07, 6.45) is 0. The first-order valence-electron chi connectivity index (χ1n) is 5.26. The van der Waals surface area contributed by atoms with Crippen molar-refractivity contribution >= 4 is 27.7 Å². The van der Waals surface area contributed by atoms with E-state index in [9.17, 15) is 9.59 Å². The van der Waals surface area contributed by atoms with Crippen LogP contribution in [0.15, 0.2) is 24.3 Å². The van der Waals surface area contributed by atoms with E-state index < -0.39 is 5.41 Å². The van der Waals surface area contributed by atoms with Gasteiger partial charge in [0.05, 0.1) is 10.7 Å². The predicted octanol–water partition coefficient (Wildman–Crippen LogP) is 3.22. The number of Topliss-reactive ketones (excluding diaryl/α,β-unsaturated/α-hetero) is 1. The molecule has 0 aromatic heterocycles. The lowest BCUT2D eigenvalue weighted by Gasteiger charge is -2.16. The van der Waals surface area contributed by atoms with E-state index in [1.54, 1.807) is 45.0 Å². The lowest BCUT2D eigenvalue weighted by Crippen LogP contribution is -2.25. The van der Waals surface area contributed by atoms with Crippen LogP contribution in [0.4, 0.5) is 0 Å². The third-order valence-electron chi connectivity index (χ3n) is 2.10. The van der Waals surface area contributed by atoms with Crippen molar-refractivity contribution in [3.05, 3.63) is 29.8 Å². The highest BCUT2D eigenvalue weighted by atomic mass is 79.9. The van der Waals surface area contributed by atoms with Crippen LogP contribution in [0.3, 0.4) is 0 Å². The summed E-state index contributed by atoms with van der Waals surface area (Å²) in [5.74, 6) is 0.0383. The van der Waals surface area contributed by atoms with E-state index in [1.807, 2.05) is 0 Å². The van der Waals surface area contributed by atoms with Crippen molar-refractivity contribution in [2.24, 2.45) is 5.41 Å². The number of carbonyl (C=O) groups is 2. The molecule has 0 atom stereocenters. The van der Waals surface area contributed by atoms with Crippen molar-refractivity contribution in [1.29, 1.82) is 0 Å². The predicted molar refractivity (Wildman–Crippen MR) is 69.7 cm³/mol. The van der Waals surface area contributed by atoms with Gasteiger partial charge in [-0.05, 0) is 32.9 Å². The zero-order valence-corrected chi connectivity index (χ0v) is 11.7. The van der Waals surface area contributed by atoms with Crippen LogP contribution in [0.1, 0.15) is 31.1 Å². The van der Waals surface area contributed by atoms with E-state index in [-0.39, 0.29) is 17.1 Å². The molecule has 92 valence electrons. The molecule has 0 unspecified atom stereocenters. The van der Waals surface area contributed by atoms with Gasteiger partial charge in [-0.2, -0.15) is 0 Å². The Hall–Kier alpha value is -1.16. The molecule has 0 spiro atoms. The number of rotatable bonds is 3. The molecule has 0 bridgehead atoms. The average Bonchev–Trinajstić information content (AvgIpc) is 2.27. The molecule has 0 aliphatic heterocycles. The summed E-state index contributed by atoms with van der Waals surface area (Å²) in [5.41, 5.74) is -0.0313. The maximum absolute atomic E-state index is 11.7. The Morgan fingerprint density at radius 1 is 1.29 bits per heavy atom. The van der Waals surface area contributed by atoms with Crippen LogP contribution in [-0.2, 0) is 4.79 Å². The SMILES string of the molecule is CC(C)(C)C(=O)Oc1cccc(C(=O)CBr)c1. The van der Waals surface area contributed by atoms with Crippen molar-refractivity contribution in [3.8, 4) is 5.75 Å².